The zero-order chi connectivity index (χ0) is 12.6. The van der Waals surface area contributed by atoms with Crippen LogP contribution in [0.5, 0.6) is 0 Å². The quantitative estimate of drug-likeness (QED) is 0.514. The van der Waals surface area contributed by atoms with E-state index in [0.717, 1.165) is 12.8 Å². The summed E-state index contributed by atoms with van der Waals surface area (Å²) < 4.78 is 5.11. The second-order valence-electron chi connectivity index (χ2n) is 4.71. The molecule has 0 radical (unpaired) electrons. The molecule has 5 heteroatoms. The Balaban J connectivity index is 4.04. The highest BCUT2D eigenvalue weighted by Gasteiger charge is 2.25. The fraction of sp³-hybridized carbons (Fsp3) is 0.909. The summed E-state index contributed by atoms with van der Waals surface area (Å²) in [6.07, 6.45) is 1.89. The van der Waals surface area contributed by atoms with E-state index in [1.165, 1.54) is 0 Å². The highest BCUT2D eigenvalue weighted by molar-refractivity contribution is 5.80. The van der Waals surface area contributed by atoms with Gasteiger partial charge in [0.25, 0.3) is 0 Å². The Bertz CT molecular complexity index is 207. The molecule has 0 aromatic rings. The first kappa shape index (κ1) is 15.3. The summed E-state index contributed by atoms with van der Waals surface area (Å²) in [6.45, 7) is 5.50. The zero-order valence-corrected chi connectivity index (χ0v) is 10.6. The molecule has 1 amide bonds. The molecule has 0 fully saturated rings. The van der Waals surface area contributed by atoms with E-state index in [-0.39, 0.29) is 11.9 Å². The first-order valence-corrected chi connectivity index (χ1v) is 5.66. The second-order valence-corrected chi connectivity index (χ2v) is 4.71. The van der Waals surface area contributed by atoms with Crippen molar-refractivity contribution in [1.82, 2.24) is 5.32 Å². The van der Waals surface area contributed by atoms with E-state index in [1.807, 2.05) is 13.8 Å². The van der Waals surface area contributed by atoms with Crippen LogP contribution in [-0.2, 0) is 9.53 Å². The Morgan fingerprint density at radius 3 is 2.56 bits per heavy atom. The van der Waals surface area contributed by atoms with Gasteiger partial charge in [-0.15, -0.1) is 0 Å². The Labute approximate surface area is 97.9 Å². The van der Waals surface area contributed by atoms with Gasteiger partial charge in [-0.05, 0) is 33.2 Å². The van der Waals surface area contributed by atoms with Crippen molar-refractivity contribution >= 4 is 5.91 Å². The Kier molecular flexibility index (Phi) is 7.29. The van der Waals surface area contributed by atoms with E-state index >= 15 is 0 Å². The molecule has 0 aromatic heterocycles. The molecule has 0 aromatic carbocycles. The maximum atomic E-state index is 11.1. The molecular weight excluding hydrogens is 206 g/mol. The maximum absolute atomic E-state index is 11.1. The lowest BCUT2D eigenvalue weighted by Crippen LogP contribution is -2.45. The van der Waals surface area contributed by atoms with E-state index < -0.39 is 5.41 Å². The van der Waals surface area contributed by atoms with Crippen LogP contribution in [0.2, 0.25) is 0 Å². The number of amides is 1. The van der Waals surface area contributed by atoms with Gasteiger partial charge in [-0.25, -0.2) is 0 Å². The van der Waals surface area contributed by atoms with Crippen LogP contribution in [0.1, 0.15) is 26.7 Å². The van der Waals surface area contributed by atoms with Crippen molar-refractivity contribution in [2.75, 3.05) is 26.8 Å². The van der Waals surface area contributed by atoms with Gasteiger partial charge in [0.15, 0.2) is 0 Å². The van der Waals surface area contributed by atoms with Crippen LogP contribution in [-0.4, -0.2) is 38.8 Å². The number of rotatable bonds is 9. The number of carbonyl (C=O) groups is 1. The van der Waals surface area contributed by atoms with Gasteiger partial charge in [-0.2, -0.15) is 0 Å². The third-order valence-electron chi connectivity index (χ3n) is 2.62. The normalized spacial score (nSPS) is 13.8. The fourth-order valence-corrected chi connectivity index (χ4v) is 1.30. The molecule has 0 aliphatic heterocycles. The minimum Gasteiger partial charge on any atom is -0.383 e. The van der Waals surface area contributed by atoms with Crippen LogP contribution < -0.4 is 16.8 Å². The highest BCUT2D eigenvalue weighted by Crippen LogP contribution is 2.12. The van der Waals surface area contributed by atoms with E-state index in [1.54, 1.807) is 7.11 Å². The predicted molar refractivity (Wildman–Crippen MR) is 64.9 cm³/mol. The van der Waals surface area contributed by atoms with Crippen LogP contribution in [0.4, 0.5) is 0 Å². The second kappa shape index (κ2) is 7.60. The summed E-state index contributed by atoms with van der Waals surface area (Å²) in [6, 6.07) is 0.229. The lowest BCUT2D eigenvalue weighted by atomic mass is 9.92. The van der Waals surface area contributed by atoms with Crippen molar-refractivity contribution in [3.05, 3.63) is 0 Å². The third-order valence-corrected chi connectivity index (χ3v) is 2.62. The highest BCUT2D eigenvalue weighted by atomic mass is 16.5. The molecule has 96 valence electrons. The Hall–Kier alpha value is -0.650. The van der Waals surface area contributed by atoms with Crippen LogP contribution in [0.3, 0.4) is 0 Å². The summed E-state index contributed by atoms with van der Waals surface area (Å²) in [5.41, 5.74) is 10.2. The average molecular weight is 231 g/mol. The standard InChI is InChI=1S/C11H25N3O2/c1-11(2,10(13)15)8-14-9(7-16-3)5-4-6-12/h9,14H,4-8,12H2,1-3H3,(H2,13,15). The first-order valence-electron chi connectivity index (χ1n) is 5.66. The van der Waals surface area contributed by atoms with Crippen molar-refractivity contribution in [3.63, 3.8) is 0 Å². The Morgan fingerprint density at radius 1 is 1.50 bits per heavy atom. The van der Waals surface area contributed by atoms with Crippen LogP contribution in [0, 0.1) is 5.41 Å². The summed E-state index contributed by atoms with van der Waals surface area (Å²) in [4.78, 5) is 11.1. The number of primary amides is 1. The summed E-state index contributed by atoms with van der Waals surface area (Å²) in [7, 11) is 1.66. The van der Waals surface area contributed by atoms with Gasteiger partial charge in [-0.1, -0.05) is 0 Å². The third kappa shape index (κ3) is 6.05. The molecule has 0 bridgehead atoms. The van der Waals surface area contributed by atoms with Gasteiger partial charge in [0.05, 0.1) is 12.0 Å². The lowest BCUT2D eigenvalue weighted by Gasteiger charge is -2.25. The smallest absolute Gasteiger partial charge is 0.224 e. The number of ether oxygens (including phenoxy) is 1. The lowest BCUT2D eigenvalue weighted by molar-refractivity contribution is -0.125. The number of carbonyl (C=O) groups excluding carboxylic acids is 1. The van der Waals surface area contributed by atoms with E-state index in [4.69, 9.17) is 16.2 Å². The van der Waals surface area contributed by atoms with Gasteiger partial charge in [0.2, 0.25) is 5.91 Å². The number of methoxy groups -OCH3 is 1. The molecule has 0 rings (SSSR count). The molecule has 0 aliphatic rings. The van der Waals surface area contributed by atoms with Crippen molar-refractivity contribution in [1.29, 1.82) is 0 Å². The largest absolute Gasteiger partial charge is 0.383 e. The van der Waals surface area contributed by atoms with E-state index in [0.29, 0.717) is 19.7 Å². The fourth-order valence-electron chi connectivity index (χ4n) is 1.30. The Morgan fingerprint density at radius 2 is 2.12 bits per heavy atom. The molecule has 5 nitrogen and oxygen atoms in total. The minimum absolute atomic E-state index is 0.229. The van der Waals surface area contributed by atoms with E-state index in [2.05, 4.69) is 5.32 Å². The molecular formula is C11H25N3O2. The van der Waals surface area contributed by atoms with E-state index in [9.17, 15) is 4.79 Å². The molecule has 1 unspecified atom stereocenters. The molecule has 0 aliphatic carbocycles. The van der Waals surface area contributed by atoms with Crippen molar-refractivity contribution in [2.45, 2.75) is 32.7 Å². The summed E-state index contributed by atoms with van der Waals surface area (Å²) >= 11 is 0. The van der Waals surface area contributed by atoms with Gasteiger partial charge in [0.1, 0.15) is 0 Å². The molecule has 5 N–H and O–H groups in total. The van der Waals surface area contributed by atoms with Gasteiger partial charge < -0.3 is 21.5 Å². The predicted octanol–water partition coefficient (Wildman–Crippen LogP) is -0.159. The molecule has 0 saturated heterocycles. The van der Waals surface area contributed by atoms with Gasteiger partial charge in [-0.3, -0.25) is 4.79 Å². The number of nitrogens with two attached hydrogens (primary N) is 2. The maximum Gasteiger partial charge on any atom is 0.224 e. The van der Waals surface area contributed by atoms with Crippen LogP contribution in [0.25, 0.3) is 0 Å². The SMILES string of the molecule is COCC(CCCN)NCC(C)(C)C(N)=O. The molecule has 16 heavy (non-hydrogen) atoms. The molecule has 1 atom stereocenters. The van der Waals surface area contributed by atoms with Gasteiger partial charge in [0, 0.05) is 19.7 Å². The molecule has 0 saturated carbocycles. The zero-order valence-electron chi connectivity index (χ0n) is 10.6. The van der Waals surface area contributed by atoms with Gasteiger partial charge >= 0.3 is 0 Å². The number of hydrogen-bond acceptors (Lipinski definition) is 4. The van der Waals surface area contributed by atoms with Crippen molar-refractivity contribution in [3.8, 4) is 0 Å². The first-order chi connectivity index (χ1) is 7.44. The monoisotopic (exact) mass is 231 g/mol. The summed E-state index contributed by atoms with van der Waals surface area (Å²) in [5, 5.41) is 3.30. The topological polar surface area (TPSA) is 90.4 Å². The number of hydrogen-bond donors (Lipinski definition) is 3. The number of nitrogens with one attached hydrogen (secondary N) is 1. The van der Waals surface area contributed by atoms with Crippen molar-refractivity contribution in [2.24, 2.45) is 16.9 Å². The summed E-state index contributed by atoms with van der Waals surface area (Å²) in [5.74, 6) is -0.296. The molecule has 0 heterocycles. The average Bonchev–Trinajstić information content (AvgIpc) is 2.22. The van der Waals surface area contributed by atoms with Crippen LogP contribution in [0.15, 0.2) is 0 Å². The molecule has 0 spiro atoms. The van der Waals surface area contributed by atoms with Crippen molar-refractivity contribution < 1.29 is 9.53 Å². The van der Waals surface area contributed by atoms with Crippen LogP contribution >= 0.6 is 0 Å². The minimum atomic E-state index is -0.533.